The zero-order valence-corrected chi connectivity index (χ0v) is 22.2. The van der Waals surface area contributed by atoms with Crippen LogP contribution in [0.15, 0.2) is 24.8 Å². The average molecular weight is 552 g/mol. The number of amides is 2. The highest BCUT2D eigenvalue weighted by Crippen LogP contribution is 2.35. The van der Waals surface area contributed by atoms with Gasteiger partial charge in [-0.2, -0.15) is 5.10 Å². The lowest BCUT2D eigenvalue weighted by Gasteiger charge is -2.20. The number of alkyl halides is 3. The Hall–Kier alpha value is -3.54. The van der Waals surface area contributed by atoms with Crippen LogP contribution < -0.4 is 10.6 Å². The smallest absolute Gasteiger partial charge is 0.282 e. The molecule has 2 amide bonds. The molecule has 0 saturated carbocycles. The molecule has 3 heterocycles. The summed E-state index contributed by atoms with van der Waals surface area (Å²) in [6, 6.07) is 2.65. The van der Waals surface area contributed by atoms with Crippen molar-refractivity contribution in [2.24, 2.45) is 7.05 Å². The first-order valence-corrected chi connectivity index (χ1v) is 12.3. The number of nitrogens with one attached hydrogen (secondary N) is 3. The van der Waals surface area contributed by atoms with Crippen LogP contribution in [0, 0.1) is 0 Å². The Bertz CT molecular complexity index is 1400. The number of nitrogens with zero attached hydrogens (tertiary/aromatic N) is 4. The number of likely N-dealkylation sites (tertiary alicyclic amines) is 1. The molecule has 204 valence electrons. The number of hydrogen-bond acceptors (Lipinski definition) is 5. The van der Waals surface area contributed by atoms with E-state index in [1.165, 1.54) is 16.5 Å². The number of halogens is 4. The first kappa shape index (κ1) is 27.5. The van der Waals surface area contributed by atoms with Crippen LogP contribution in [0.3, 0.4) is 0 Å². The molecule has 1 fully saturated rings. The number of fused-ring (bicyclic) bond motifs is 1. The van der Waals surface area contributed by atoms with E-state index in [0.29, 0.717) is 16.4 Å². The van der Waals surface area contributed by atoms with Gasteiger partial charge in [-0.05, 0) is 29.2 Å². The third kappa shape index (κ3) is 5.22. The zero-order valence-electron chi connectivity index (χ0n) is 21.4. The summed E-state index contributed by atoms with van der Waals surface area (Å²) in [5.41, 5.74) is 0.287. The van der Waals surface area contributed by atoms with Crippen LogP contribution in [-0.2, 0) is 23.8 Å². The fourth-order valence-corrected chi connectivity index (χ4v) is 4.95. The molecule has 4 rings (SSSR count). The van der Waals surface area contributed by atoms with E-state index in [4.69, 9.17) is 11.6 Å². The molecule has 0 spiro atoms. The first-order chi connectivity index (χ1) is 17.8. The zero-order chi connectivity index (χ0) is 27.9. The van der Waals surface area contributed by atoms with Gasteiger partial charge in [-0.1, -0.05) is 39.0 Å². The Kier molecular flexibility index (Phi) is 7.46. The van der Waals surface area contributed by atoms with Gasteiger partial charge < -0.3 is 20.1 Å². The van der Waals surface area contributed by atoms with E-state index in [0.717, 1.165) is 17.0 Å². The van der Waals surface area contributed by atoms with Crippen LogP contribution in [0.2, 0.25) is 5.02 Å². The van der Waals surface area contributed by atoms with Crippen LogP contribution >= 0.6 is 11.6 Å². The number of imidazole rings is 1. The Morgan fingerprint density at radius 3 is 2.66 bits per heavy atom. The van der Waals surface area contributed by atoms with Crippen molar-refractivity contribution in [3.63, 3.8) is 0 Å². The number of carbonyl (C=O) groups excluding carboxylic acids is 2. The Balaban J connectivity index is 1.56. The molecule has 9 nitrogen and oxygen atoms in total. The molecule has 2 atom stereocenters. The number of aromatic nitrogens is 4. The lowest BCUT2D eigenvalue weighted by Crippen LogP contribution is -2.42. The monoisotopic (exact) mass is 551 g/mol. The van der Waals surface area contributed by atoms with Gasteiger partial charge in [0.1, 0.15) is 23.4 Å². The first-order valence-electron chi connectivity index (χ1n) is 11.9. The number of anilines is 1. The topological polar surface area (TPSA) is 108 Å². The minimum atomic E-state index is -3.04. The van der Waals surface area contributed by atoms with Gasteiger partial charge in [0, 0.05) is 24.0 Å². The van der Waals surface area contributed by atoms with Crippen molar-refractivity contribution in [2.45, 2.75) is 51.4 Å². The summed E-state index contributed by atoms with van der Waals surface area (Å²) in [6.07, 6.45) is -3.54. The number of carbonyl (C=O) groups is 2. The van der Waals surface area contributed by atoms with Gasteiger partial charge in [0.2, 0.25) is 5.91 Å². The minimum absolute atomic E-state index is 0.0201. The standard InChI is InChI=1S/C25H29ClF3N7O2/c1-6-19(37)36-10-15(27)17(11-36)31-24(38)21-20(22(28)29)32-18(35(21)5)9-30-23-12-7-13(25(2,3)4)14(26)8-16(12)33-34-23/h6-8,15,17,22H,1,9-11H2,2-5H3,(H,31,38)(H2,30,33,34)/t15-,17-/m0/s1. The summed E-state index contributed by atoms with van der Waals surface area (Å²) >= 11 is 6.43. The van der Waals surface area contributed by atoms with Gasteiger partial charge in [-0.25, -0.2) is 18.2 Å². The van der Waals surface area contributed by atoms with Crippen molar-refractivity contribution in [2.75, 3.05) is 18.4 Å². The molecule has 0 aliphatic carbocycles. The lowest BCUT2D eigenvalue weighted by atomic mass is 9.86. The number of rotatable bonds is 7. The molecular weight excluding hydrogens is 523 g/mol. The number of benzene rings is 1. The van der Waals surface area contributed by atoms with Gasteiger partial charge in [0.15, 0.2) is 5.82 Å². The molecule has 1 saturated heterocycles. The maximum atomic E-state index is 14.5. The quantitative estimate of drug-likeness (QED) is 0.380. The molecule has 13 heteroatoms. The van der Waals surface area contributed by atoms with Gasteiger partial charge >= 0.3 is 0 Å². The van der Waals surface area contributed by atoms with Crippen molar-refractivity contribution in [3.8, 4) is 0 Å². The van der Waals surface area contributed by atoms with Gasteiger partial charge in [-0.3, -0.25) is 14.7 Å². The maximum Gasteiger partial charge on any atom is 0.282 e. The SMILES string of the molecule is C=CC(=O)N1C[C@H](NC(=O)c2c(C(F)F)nc(CNc3n[nH]c4cc(Cl)c(C(C)(C)C)cc34)n2C)[C@@H](F)C1. The Labute approximate surface area is 222 Å². The van der Waals surface area contributed by atoms with Crippen LogP contribution in [0.4, 0.5) is 19.0 Å². The second-order valence-corrected chi connectivity index (χ2v) is 10.6. The molecule has 3 aromatic rings. The van der Waals surface area contributed by atoms with Crippen LogP contribution in [-0.4, -0.2) is 61.8 Å². The van der Waals surface area contributed by atoms with Crippen molar-refractivity contribution >= 4 is 40.1 Å². The van der Waals surface area contributed by atoms with Crippen molar-refractivity contribution < 1.29 is 22.8 Å². The summed E-state index contributed by atoms with van der Waals surface area (Å²) in [5, 5.41) is 14.0. The number of H-pyrrole nitrogens is 1. The highest BCUT2D eigenvalue weighted by molar-refractivity contribution is 6.32. The van der Waals surface area contributed by atoms with Gasteiger partial charge in [0.05, 0.1) is 24.6 Å². The van der Waals surface area contributed by atoms with E-state index in [2.05, 4.69) is 32.4 Å². The minimum Gasteiger partial charge on any atom is -0.361 e. The molecule has 38 heavy (non-hydrogen) atoms. The number of hydrogen-bond donors (Lipinski definition) is 3. The summed E-state index contributed by atoms with van der Waals surface area (Å²) in [6.45, 7) is 9.12. The average Bonchev–Trinajstić information content (AvgIpc) is 3.51. The molecule has 3 N–H and O–H groups in total. The van der Waals surface area contributed by atoms with E-state index in [-0.39, 0.29) is 36.6 Å². The summed E-state index contributed by atoms with van der Waals surface area (Å²) in [5.74, 6) is -0.766. The second-order valence-electron chi connectivity index (χ2n) is 10.2. The molecule has 0 bridgehead atoms. The highest BCUT2D eigenvalue weighted by atomic mass is 35.5. The lowest BCUT2D eigenvalue weighted by molar-refractivity contribution is -0.125. The fraction of sp³-hybridized carbons (Fsp3) is 0.440. The van der Waals surface area contributed by atoms with E-state index >= 15 is 0 Å². The Morgan fingerprint density at radius 2 is 2.03 bits per heavy atom. The molecule has 0 radical (unpaired) electrons. The van der Waals surface area contributed by atoms with Gasteiger partial charge in [0.25, 0.3) is 12.3 Å². The van der Waals surface area contributed by atoms with Crippen LogP contribution in [0.25, 0.3) is 10.9 Å². The molecule has 1 aliphatic rings. The largest absolute Gasteiger partial charge is 0.361 e. The third-order valence-corrected chi connectivity index (χ3v) is 6.87. The summed E-state index contributed by atoms with van der Waals surface area (Å²) in [4.78, 5) is 30.0. The van der Waals surface area contributed by atoms with Crippen LogP contribution in [0.5, 0.6) is 0 Å². The molecule has 2 aromatic heterocycles. The van der Waals surface area contributed by atoms with Crippen molar-refractivity contribution in [3.05, 3.63) is 52.6 Å². The number of aromatic amines is 1. The van der Waals surface area contributed by atoms with Gasteiger partial charge in [-0.15, -0.1) is 0 Å². The van der Waals surface area contributed by atoms with E-state index in [9.17, 15) is 22.8 Å². The second kappa shape index (κ2) is 10.3. The molecule has 1 aromatic carbocycles. The fourth-order valence-electron chi connectivity index (χ4n) is 4.50. The predicted molar refractivity (Wildman–Crippen MR) is 138 cm³/mol. The van der Waals surface area contributed by atoms with Crippen LogP contribution in [0.1, 0.15) is 54.8 Å². The molecular formula is C25H29ClF3N7O2. The summed E-state index contributed by atoms with van der Waals surface area (Å²) < 4.78 is 43.4. The summed E-state index contributed by atoms with van der Waals surface area (Å²) in [7, 11) is 1.43. The third-order valence-electron chi connectivity index (χ3n) is 6.56. The molecule has 1 aliphatic heterocycles. The molecule has 0 unspecified atom stereocenters. The van der Waals surface area contributed by atoms with E-state index in [1.807, 2.05) is 26.8 Å². The van der Waals surface area contributed by atoms with Crippen molar-refractivity contribution in [1.29, 1.82) is 0 Å². The highest BCUT2D eigenvalue weighted by Gasteiger charge is 2.37. The predicted octanol–water partition coefficient (Wildman–Crippen LogP) is 4.26. The van der Waals surface area contributed by atoms with Crippen molar-refractivity contribution in [1.82, 2.24) is 30.0 Å². The normalized spacial score (nSPS) is 17.9. The Morgan fingerprint density at radius 1 is 1.32 bits per heavy atom. The maximum absolute atomic E-state index is 14.5. The van der Waals surface area contributed by atoms with E-state index in [1.54, 1.807) is 6.07 Å². The van der Waals surface area contributed by atoms with E-state index < -0.39 is 36.1 Å².